The minimum Gasteiger partial charge on any atom is -0.507 e. The van der Waals surface area contributed by atoms with E-state index in [0.29, 0.717) is 17.0 Å². The van der Waals surface area contributed by atoms with E-state index in [-0.39, 0.29) is 32.7 Å². The topological polar surface area (TPSA) is 59.2 Å². The summed E-state index contributed by atoms with van der Waals surface area (Å²) in [6.07, 6.45) is 1.85. The average molecular weight is 739 g/mol. The molecule has 0 aliphatic heterocycles. The first-order chi connectivity index (χ1) is 20.7. The zero-order valence-corrected chi connectivity index (χ0v) is 25.6. The van der Waals surface area contributed by atoms with Crippen LogP contribution in [0.5, 0.6) is 5.75 Å². The van der Waals surface area contributed by atoms with E-state index >= 15 is 0 Å². The van der Waals surface area contributed by atoms with E-state index in [1.807, 2.05) is 54.7 Å². The molecule has 0 aliphatic rings. The van der Waals surface area contributed by atoms with Gasteiger partial charge >= 0.3 is 0 Å². The maximum absolute atomic E-state index is 10.5. The van der Waals surface area contributed by atoms with E-state index in [1.54, 1.807) is 18.2 Å². The number of para-hydroxylation sites is 2. The number of pyridine rings is 1. The number of nitrogens with zero attached hydrogens (tertiary/aromatic N) is 2. The van der Waals surface area contributed by atoms with Crippen molar-refractivity contribution in [2.45, 2.75) is 12.8 Å². The van der Waals surface area contributed by atoms with Crippen LogP contribution in [0.1, 0.15) is 24.0 Å². The van der Waals surface area contributed by atoms with Crippen molar-refractivity contribution >= 4 is 11.1 Å². The third-order valence-corrected chi connectivity index (χ3v) is 7.71. The fourth-order valence-corrected chi connectivity index (χ4v) is 5.47. The molecule has 0 radical (unpaired) electrons. The number of hydrogen-bond acceptors (Lipinski definition) is 4. The first kappa shape index (κ1) is 28.3. The summed E-state index contributed by atoms with van der Waals surface area (Å²) in [5.74, 6) is 0.610. The number of hydrogen-bond donors (Lipinski definition) is 1. The van der Waals surface area contributed by atoms with Crippen molar-refractivity contribution in [1.29, 1.82) is 0 Å². The molecule has 5 aromatic carbocycles. The number of oxazole rings is 1. The van der Waals surface area contributed by atoms with Crippen LogP contribution in [-0.2, 0) is 21.1 Å². The summed E-state index contributed by atoms with van der Waals surface area (Å²) in [5.41, 5.74) is 10.1. The maximum atomic E-state index is 10.5. The third kappa shape index (κ3) is 5.54. The molecular weight excluding hydrogens is 712 g/mol. The van der Waals surface area contributed by atoms with Crippen LogP contribution in [0.2, 0.25) is 0 Å². The van der Waals surface area contributed by atoms with Crippen molar-refractivity contribution in [3.05, 3.63) is 151 Å². The Morgan fingerprint density at radius 1 is 0.721 bits per heavy atom. The van der Waals surface area contributed by atoms with Crippen LogP contribution in [0.4, 0.5) is 0 Å². The molecule has 4 nitrogen and oxygen atoms in total. The fraction of sp³-hybridized carbons (Fsp3) is 0.0526. The fourth-order valence-electron chi connectivity index (χ4n) is 5.47. The predicted octanol–water partition coefficient (Wildman–Crippen LogP) is 9.55. The molecule has 7 aromatic rings. The van der Waals surface area contributed by atoms with Gasteiger partial charge in [-0.1, -0.05) is 109 Å². The molecule has 0 amide bonds. The minimum absolute atomic E-state index is 0. The predicted molar refractivity (Wildman–Crippen MR) is 168 cm³/mol. The number of benzene rings is 5. The second-order valence-corrected chi connectivity index (χ2v) is 10.3. The van der Waals surface area contributed by atoms with E-state index in [9.17, 15) is 5.11 Å². The molecule has 7 rings (SSSR count). The van der Waals surface area contributed by atoms with Crippen LogP contribution in [0.3, 0.4) is 0 Å². The number of rotatable bonds is 6. The SMILES string of the molecule is CC(c1ccccc1)c1ccc(-c2cc(-c3ccccc3)ccn2)[c-]c1-c1cccc2oc(-c3ccccc3O)nc12.[Pt]. The Balaban J connectivity index is 0.00000329. The van der Waals surface area contributed by atoms with E-state index in [1.165, 1.54) is 5.56 Å². The van der Waals surface area contributed by atoms with Crippen molar-refractivity contribution in [3.8, 4) is 50.7 Å². The second-order valence-electron chi connectivity index (χ2n) is 10.3. The van der Waals surface area contributed by atoms with Crippen LogP contribution < -0.4 is 0 Å². The molecule has 0 fully saturated rings. The first-order valence-corrected chi connectivity index (χ1v) is 14.0. The molecule has 2 aromatic heterocycles. The molecule has 0 saturated heterocycles. The molecule has 1 atom stereocenters. The number of phenolic OH excluding ortho intramolecular Hbond substituents is 1. The Morgan fingerprint density at radius 2 is 1.44 bits per heavy atom. The van der Waals surface area contributed by atoms with E-state index in [0.717, 1.165) is 44.6 Å². The summed E-state index contributed by atoms with van der Waals surface area (Å²) >= 11 is 0. The summed E-state index contributed by atoms with van der Waals surface area (Å²) in [6.45, 7) is 2.21. The summed E-state index contributed by atoms with van der Waals surface area (Å²) in [6, 6.07) is 46.0. The monoisotopic (exact) mass is 738 g/mol. The molecule has 43 heavy (non-hydrogen) atoms. The van der Waals surface area contributed by atoms with Gasteiger partial charge in [0.2, 0.25) is 5.89 Å². The van der Waals surface area contributed by atoms with Gasteiger partial charge in [-0.3, -0.25) is 4.98 Å². The zero-order chi connectivity index (χ0) is 28.5. The summed E-state index contributed by atoms with van der Waals surface area (Å²) in [4.78, 5) is 9.61. The van der Waals surface area contributed by atoms with Gasteiger partial charge in [0.05, 0.1) is 11.1 Å². The van der Waals surface area contributed by atoms with Crippen molar-refractivity contribution < 1.29 is 30.6 Å². The van der Waals surface area contributed by atoms with E-state index < -0.39 is 0 Å². The number of fused-ring (bicyclic) bond motifs is 1. The molecule has 0 spiro atoms. The van der Waals surface area contributed by atoms with Crippen molar-refractivity contribution in [2.75, 3.05) is 0 Å². The van der Waals surface area contributed by atoms with E-state index in [2.05, 4.69) is 73.7 Å². The Kier molecular flexibility index (Phi) is 8.05. The standard InChI is InChI=1S/C38H27N2O2.Pt/c1-25(26-11-4-2-5-12-26)30-20-19-29(34-24-28(21-22-39-34)27-13-6-3-7-14-27)23-33(30)31-16-10-18-36-37(31)40-38(42-36)32-15-8-9-17-35(32)41;/h2-22,24-25,41H,1H3;/q-1;. The van der Waals surface area contributed by atoms with Gasteiger partial charge in [-0.15, -0.1) is 29.3 Å². The summed E-state index contributed by atoms with van der Waals surface area (Å²) < 4.78 is 6.16. The largest absolute Gasteiger partial charge is 0.507 e. The molecule has 0 saturated carbocycles. The molecule has 0 bridgehead atoms. The molecule has 2 heterocycles. The first-order valence-electron chi connectivity index (χ1n) is 14.0. The maximum Gasteiger partial charge on any atom is 0.230 e. The second kappa shape index (κ2) is 12.2. The van der Waals surface area contributed by atoms with Crippen molar-refractivity contribution in [1.82, 2.24) is 9.97 Å². The Bertz CT molecular complexity index is 2020. The number of aromatic nitrogens is 2. The number of phenols is 1. The number of aromatic hydroxyl groups is 1. The van der Waals surface area contributed by atoms with Gasteiger partial charge in [-0.2, -0.15) is 0 Å². The molecule has 1 N–H and O–H groups in total. The van der Waals surface area contributed by atoms with Crippen molar-refractivity contribution in [2.24, 2.45) is 0 Å². The smallest absolute Gasteiger partial charge is 0.230 e. The molecule has 0 aliphatic carbocycles. The average Bonchev–Trinajstić information content (AvgIpc) is 3.50. The van der Waals surface area contributed by atoms with Gasteiger partial charge in [0.15, 0.2) is 0 Å². The Hall–Kier alpha value is -4.79. The molecule has 212 valence electrons. The van der Waals surface area contributed by atoms with Gasteiger partial charge in [0, 0.05) is 33.0 Å². The van der Waals surface area contributed by atoms with Crippen LogP contribution >= 0.6 is 0 Å². The molecule has 1 unspecified atom stereocenters. The van der Waals surface area contributed by atoms with Gasteiger partial charge in [0.1, 0.15) is 11.3 Å². The van der Waals surface area contributed by atoms with Gasteiger partial charge < -0.3 is 9.52 Å². The Morgan fingerprint density at radius 3 is 2.23 bits per heavy atom. The summed E-state index contributed by atoms with van der Waals surface area (Å²) in [7, 11) is 0. The molecule has 5 heteroatoms. The van der Waals surface area contributed by atoms with Crippen LogP contribution in [0.25, 0.3) is 56.1 Å². The quantitative estimate of drug-likeness (QED) is 0.173. The van der Waals surface area contributed by atoms with Crippen LogP contribution in [0, 0.1) is 6.07 Å². The normalized spacial score (nSPS) is 11.7. The van der Waals surface area contributed by atoms with Crippen LogP contribution in [0.15, 0.2) is 138 Å². The zero-order valence-electron chi connectivity index (χ0n) is 23.3. The van der Waals surface area contributed by atoms with Crippen molar-refractivity contribution in [3.63, 3.8) is 0 Å². The van der Waals surface area contributed by atoms with Gasteiger partial charge in [-0.25, -0.2) is 4.98 Å². The summed E-state index contributed by atoms with van der Waals surface area (Å²) in [5, 5.41) is 10.5. The third-order valence-electron chi connectivity index (χ3n) is 7.71. The van der Waals surface area contributed by atoms with Gasteiger partial charge in [0.25, 0.3) is 0 Å². The van der Waals surface area contributed by atoms with Crippen LogP contribution in [-0.4, -0.2) is 15.1 Å². The van der Waals surface area contributed by atoms with E-state index in [4.69, 9.17) is 14.4 Å². The molecular formula is C38H27N2O2Pt-. The Labute approximate surface area is 265 Å². The van der Waals surface area contributed by atoms with Gasteiger partial charge in [-0.05, 0) is 46.9 Å². The minimum atomic E-state index is 0.